The maximum atomic E-state index is 6.49. The van der Waals surface area contributed by atoms with Crippen LogP contribution < -0.4 is 5.32 Å². The number of benzene rings is 2. The average molecular weight is 353 g/mol. The first-order valence-electron chi connectivity index (χ1n) is 7.88. The van der Waals surface area contributed by atoms with Crippen LogP contribution in [0.5, 0.6) is 0 Å². The van der Waals surface area contributed by atoms with Gasteiger partial charge < -0.3 is 5.32 Å². The average Bonchev–Trinajstić information content (AvgIpc) is 2.90. The zero-order chi connectivity index (χ0) is 16.7. The van der Waals surface area contributed by atoms with Crippen molar-refractivity contribution in [1.29, 1.82) is 0 Å². The number of rotatable bonds is 2. The van der Waals surface area contributed by atoms with Gasteiger partial charge in [-0.05, 0) is 31.5 Å². The van der Waals surface area contributed by atoms with E-state index in [4.69, 9.17) is 16.6 Å². The fourth-order valence-electron chi connectivity index (χ4n) is 3.18. The number of fused-ring (bicyclic) bond motifs is 1. The lowest BCUT2D eigenvalue weighted by atomic mass is 9.92. The van der Waals surface area contributed by atoms with Crippen LogP contribution >= 0.6 is 22.9 Å². The van der Waals surface area contributed by atoms with Gasteiger partial charge in [-0.25, -0.2) is 0 Å². The van der Waals surface area contributed by atoms with Gasteiger partial charge in [0.2, 0.25) is 0 Å². The molecule has 1 atom stereocenters. The number of nitrogens with zero attached hydrogens (tertiary/aromatic N) is 1. The summed E-state index contributed by atoms with van der Waals surface area (Å²) in [6.45, 7) is 4.35. The molecule has 120 valence electrons. The van der Waals surface area contributed by atoms with Crippen molar-refractivity contribution in [1.82, 2.24) is 0 Å². The number of thiophene rings is 1. The standard InChI is InChI=1S/C20H17ClN2S/c1-12-13(2)24-20(14-7-3-5-9-16(14)21)18(12)19-15-8-4-6-10-17(15)22-11-23-19/h3-11,19H,1-2H3,(H,22,23). The molecule has 1 N–H and O–H groups in total. The number of hydrogen-bond acceptors (Lipinski definition) is 3. The molecule has 4 heteroatoms. The minimum Gasteiger partial charge on any atom is -0.346 e. The molecule has 1 aromatic heterocycles. The van der Waals surface area contributed by atoms with Crippen molar-refractivity contribution in [3.63, 3.8) is 0 Å². The third-order valence-electron chi connectivity index (χ3n) is 4.52. The minimum absolute atomic E-state index is 0.00123. The molecule has 3 aromatic rings. The number of anilines is 1. The Kier molecular flexibility index (Phi) is 3.91. The topological polar surface area (TPSA) is 24.4 Å². The summed E-state index contributed by atoms with van der Waals surface area (Å²) in [5.74, 6) is 0. The monoisotopic (exact) mass is 352 g/mol. The van der Waals surface area contributed by atoms with Crippen molar-refractivity contribution >= 4 is 35.0 Å². The second kappa shape index (κ2) is 6.08. The van der Waals surface area contributed by atoms with Gasteiger partial charge in [-0.2, -0.15) is 0 Å². The van der Waals surface area contributed by atoms with Gasteiger partial charge >= 0.3 is 0 Å². The van der Waals surface area contributed by atoms with E-state index in [1.54, 1.807) is 17.7 Å². The molecule has 0 fully saturated rings. The largest absolute Gasteiger partial charge is 0.346 e. The molecule has 2 heterocycles. The van der Waals surface area contributed by atoms with Crippen molar-refractivity contribution in [2.45, 2.75) is 19.9 Å². The number of nitrogens with one attached hydrogen (secondary N) is 1. The highest BCUT2D eigenvalue weighted by atomic mass is 35.5. The molecule has 0 saturated heterocycles. The van der Waals surface area contributed by atoms with Gasteiger partial charge in [-0.3, -0.25) is 4.99 Å². The van der Waals surface area contributed by atoms with Gasteiger partial charge in [0.1, 0.15) is 6.04 Å². The van der Waals surface area contributed by atoms with E-state index in [0.717, 1.165) is 16.3 Å². The quantitative estimate of drug-likeness (QED) is 0.581. The zero-order valence-corrected chi connectivity index (χ0v) is 15.1. The Hall–Kier alpha value is -2.10. The number of hydrogen-bond donors (Lipinski definition) is 1. The fourth-order valence-corrected chi connectivity index (χ4v) is 4.70. The molecule has 1 unspecified atom stereocenters. The molecular weight excluding hydrogens is 336 g/mol. The number of aliphatic imine (C=N–C) groups is 1. The van der Waals surface area contributed by atoms with Crippen LogP contribution in [-0.2, 0) is 0 Å². The molecule has 0 spiro atoms. The second-order valence-electron chi connectivity index (χ2n) is 5.92. The first kappa shape index (κ1) is 15.4. The lowest BCUT2D eigenvalue weighted by Gasteiger charge is -2.23. The first-order chi connectivity index (χ1) is 11.7. The predicted molar refractivity (Wildman–Crippen MR) is 105 cm³/mol. The van der Waals surface area contributed by atoms with Crippen LogP contribution in [0, 0.1) is 13.8 Å². The summed E-state index contributed by atoms with van der Waals surface area (Å²) in [5.41, 5.74) is 5.96. The summed E-state index contributed by atoms with van der Waals surface area (Å²) in [6, 6.07) is 16.4. The molecule has 0 radical (unpaired) electrons. The molecule has 1 aliphatic heterocycles. The Morgan fingerprint density at radius 1 is 1.04 bits per heavy atom. The van der Waals surface area contributed by atoms with Gasteiger partial charge in [0.05, 0.1) is 6.34 Å². The van der Waals surface area contributed by atoms with E-state index >= 15 is 0 Å². The van der Waals surface area contributed by atoms with E-state index in [9.17, 15) is 0 Å². The summed E-state index contributed by atoms with van der Waals surface area (Å²) in [7, 11) is 0. The Balaban J connectivity index is 1.95. The van der Waals surface area contributed by atoms with Crippen molar-refractivity contribution < 1.29 is 0 Å². The maximum absolute atomic E-state index is 6.49. The Morgan fingerprint density at radius 2 is 1.79 bits per heavy atom. The molecule has 1 aliphatic rings. The lowest BCUT2D eigenvalue weighted by Crippen LogP contribution is -2.12. The number of aryl methyl sites for hydroxylation is 1. The van der Waals surface area contributed by atoms with Crippen molar-refractivity contribution in [2.24, 2.45) is 4.99 Å². The van der Waals surface area contributed by atoms with Crippen LogP contribution in [0.4, 0.5) is 5.69 Å². The molecule has 2 aromatic carbocycles. The fraction of sp³-hybridized carbons (Fsp3) is 0.150. The van der Waals surface area contributed by atoms with E-state index in [2.05, 4.69) is 43.4 Å². The van der Waals surface area contributed by atoms with E-state index < -0.39 is 0 Å². The van der Waals surface area contributed by atoms with Crippen LogP contribution in [0.3, 0.4) is 0 Å². The van der Waals surface area contributed by atoms with Gasteiger partial charge in [0.25, 0.3) is 0 Å². The van der Waals surface area contributed by atoms with Crippen LogP contribution in [0.1, 0.15) is 27.6 Å². The highest BCUT2D eigenvalue weighted by Crippen LogP contribution is 2.46. The molecule has 0 aliphatic carbocycles. The molecule has 0 saturated carbocycles. The predicted octanol–water partition coefficient (Wildman–Crippen LogP) is 6.23. The van der Waals surface area contributed by atoms with Crippen LogP contribution in [-0.4, -0.2) is 6.34 Å². The third kappa shape index (κ3) is 2.45. The minimum atomic E-state index is -0.00123. The molecule has 2 nitrogen and oxygen atoms in total. The molecular formula is C20H17ClN2S. The van der Waals surface area contributed by atoms with E-state index in [1.807, 2.05) is 24.3 Å². The Labute approximate surface area is 150 Å². The molecule has 0 bridgehead atoms. The summed E-state index contributed by atoms with van der Waals surface area (Å²) >= 11 is 8.29. The van der Waals surface area contributed by atoms with E-state index in [-0.39, 0.29) is 6.04 Å². The summed E-state index contributed by atoms with van der Waals surface area (Å²) in [4.78, 5) is 7.29. The molecule has 0 amide bonds. The Bertz CT molecular complexity index is 943. The maximum Gasteiger partial charge on any atom is 0.105 e. The second-order valence-corrected chi connectivity index (χ2v) is 7.55. The van der Waals surface area contributed by atoms with Gasteiger partial charge in [0.15, 0.2) is 0 Å². The Morgan fingerprint density at radius 3 is 2.62 bits per heavy atom. The van der Waals surface area contributed by atoms with Gasteiger partial charge in [0, 0.05) is 37.2 Å². The normalized spacial score (nSPS) is 15.9. The summed E-state index contributed by atoms with van der Waals surface area (Å²) in [5, 5.41) is 4.03. The third-order valence-corrected chi connectivity index (χ3v) is 6.11. The highest BCUT2D eigenvalue weighted by molar-refractivity contribution is 7.16. The summed E-state index contributed by atoms with van der Waals surface area (Å²) < 4.78 is 0. The number of halogens is 1. The van der Waals surface area contributed by atoms with Crippen molar-refractivity contribution in [3.8, 4) is 10.4 Å². The summed E-state index contributed by atoms with van der Waals surface area (Å²) in [6.07, 6.45) is 1.80. The van der Waals surface area contributed by atoms with Crippen molar-refractivity contribution in [3.05, 3.63) is 75.1 Å². The highest BCUT2D eigenvalue weighted by Gasteiger charge is 2.27. The van der Waals surface area contributed by atoms with E-state index in [1.165, 1.54) is 26.4 Å². The van der Waals surface area contributed by atoms with E-state index in [0.29, 0.717) is 0 Å². The van der Waals surface area contributed by atoms with Crippen LogP contribution in [0.25, 0.3) is 10.4 Å². The first-order valence-corrected chi connectivity index (χ1v) is 9.08. The zero-order valence-electron chi connectivity index (χ0n) is 13.5. The van der Waals surface area contributed by atoms with Crippen LogP contribution in [0.2, 0.25) is 5.02 Å². The smallest absolute Gasteiger partial charge is 0.105 e. The SMILES string of the molecule is Cc1sc(-c2ccccc2Cl)c(C2N=CNc3ccccc32)c1C. The lowest BCUT2D eigenvalue weighted by molar-refractivity contribution is 0.867. The number of para-hydroxylation sites is 1. The van der Waals surface area contributed by atoms with Gasteiger partial charge in [-0.15, -0.1) is 11.3 Å². The van der Waals surface area contributed by atoms with Crippen LogP contribution in [0.15, 0.2) is 53.5 Å². The van der Waals surface area contributed by atoms with Gasteiger partial charge in [-0.1, -0.05) is 48.0 Å². The molecule has 4 rings (SSSR count). The molecule has 24 heavy (non-hydrogen) atoms. The van der Waals surface area contributed by atoms with Crippen molar-refractivity contribution in [2.75, 3.05) is 5.32 Å².